The Hall–Kier alpha value is -0.910. The molecule has 0 amide bonds. The molecule has 0 radical (unpaired) electrons. The van der Waals surface area contributed by atoms with Crippen molar-refractivity contribution in [1.82, 2.24) is 9.62 Å². The van der Waals surface area contributed by atoms with Gasteiger partial charge in [0.2, 0.25) is 10.0 Å². The van der Waals surface area contributed by atoms with Crippen LogP contribution in [0, 0.1) is 0 Å². The molecule has 1 saturated heterocycles. The van der Waals surface area contributed by atoms with Crippen molar-refractivity contribution in [2.75, 3.05) is 13.1 Å². The van der Waals surface area contributed by atoms with Gasteiger partial charge in [-0.3, -0.25) is 0 Å². The van der Waals surface area contributed by atoms with Gasteiger partial charge < -0.3 is 5.32 Å². The minimum absolute atomic E-state index is 0.0380. The Morgan fingerprint density at radius 2 is 1.95 bits per heavy atom. The van der Waals surface area contributed by atoms with Crippen molar-refractivity contribution >= 4 is 10.0 Å². The Kier molecular flexibility index (Phi) is 5.18. The molecule has 1 heterocycles. The predicted molar refractivity (Wildman–Crippen MR) is 81.1 cm³/mol. The Balaban J connectivity index is 2.19. The largest absolute Gasteiger partial charge is 0.313 e. The van der Waals surface area contributed by atoms with Gasteiger partial charge in [-0.1, -0.05) is 24.6 Å². The number of hydrogen-bond acceptors (Lipinski definition) is 3. The second-order valence-electron chi connectivity index (χ2n) is 5.63. The smallest absolute Gasteiger partial charge is 0.243 e. The Labute approximate surface area is 122 Å². The molecule has 0 saturated carbocycles. The number of nitrogens with zero attached hydrogens (tertiary/aromatic N) is 1. The molecule has 1 aromatic rings. The molecule has 112 valence electrons. The van der Waals surface area contributed by atoms with Crippen LogP contribution in [0.2, 0.25) is 0 Å². The van der Waals surface area contributed by atoms with Crippen LogP contribution in [0.3, 0.4) is 0 Å². The third-order valence-corrected chi connectivity index (χ3v) is 5.79. The van der Waals surface area contributed by atoms with Gasteiger partial charge in [-0.2, -0.15) is 4.31 Å². The monoisotopic (exact) mass is 296 g/mol. The van der Waals surface area contributed by atoms with E-state index in [-0.39, 0.29) is 12.1 Å². The van der Waals surface area contributed by atoms with Crippen LogP contribution >= 0.6 is 0 Å². The number of piperidine rings is 1. The minimum atomic E-state index is -3.41. The highest BCUT2D eigenvalue weighted by molar-refractivity contribution is 7.89. The summed E-state index contributed by atoms with van der Waals surface area (Å²) in [6, 6.07) is 8.93. The molecule has 1 unspecified atom stereocenters. The van der Waals surface area contributed by atoms with E-state index in [1.165, 1.54) is 12.8 Å². The topological polar surface area (TPSA) is 49.4 Å². The molecule has 0 spiro atoms. The van der Waals surface area contributed by atoms with Crippen LogP contribution < -0.4 is 5.32 Å². The number of benzene rings is 1. The quantitative estimate of drug-likeness (QED) is 0.906. The number of nitrogens with one attached hydrogen (secondary N) is 1. The van der Waals surface area contributed by atoms with Gasteiger partial charge in [0, 0.05) is 18.6 Å². The summed E-state index contributed by atoms with van der Waals surface area (Å²) in [5.41, 5.74) is 0. The third kappa shape index (κ3) is 3.59. The summed E-state index contributed by atoms with van der Waals surface area (Å²) in [5.74, 6) is 0. The van der Waals surface area contributed by atoms with Gasteiger partial charge in [0.1, 0.15) is 0 Å². The highest BCUT2D eigenvalue weighted by Crippen LogP contribution is 2.20. The molecule has 1 fully saturated rings. The highest BCUT2D eigenvalue weighted by atomic mass is 32.2. The Morgan fingerprint density at radius 1 is 1.25 bits per heavy atom. The van der Waals surface area contributed by atoms with Crippen molar-refractivity contribution in [3.05, 3.63) is 30.3 Å². The summed E-state index contributed by atoms with van der Waals surface area (Å²) in [4.78, 5) is 0.379. The van der Waals surface area contributed by atoms with Crippen molar-refractivity contribution in [1.29, 1.82) is 0 Å². The molecular weight excluding hydrogens is 272 g/mol. The SMILES string of the molecule is CC(C)N(CC1CCCCN1)S(=O)(=O)c1ccccc1. The van der Waals surface area contributed by atoms with E-state index < -0.39 is 10.0 Å². The zero-order chi connectivity index (χ0) is 14.6. The second-order valence-corrected chi connectivity index (χ2v) is 7.52. The molecule has 5 heteroatoms. The minimum Gasteiger partial charge on any atom is -0.313 e. The normalized spacial score (nSPS) is 20.5. The average Bonchev–Trinajstić information content (AvgIpc) is 2.46. The van der Waals surface area contributed by atoms with Crippen molar-refractivity contribution < 1.29 is 8.42 Å². The van der Waals surface area contributed by atoms with Gasteiger partial charge in [-0.05, 0) is 45.4 Å². The van der Waals surface area contributed by atoms with E-state index in [2.05, 4.69) is 5.32 Å². The molecule has 0 aliphatic carbocycles. The van der Waals surface area contributed by atoms with E-state index in [1.54, 1.807) is 28.6 Å². The number of rotatable bonds is 5. The predicted octanol–water partition coefficient (Wildman–Crippen LogP) is 2.23. The van der Waals surface area contributed by atoms with E-state index in [4.69, 9.17) is 0 Å². The molecule has 1 N–H and O–H groups in total. The average molecular weight is 296 g/mol. The summed E-state index contributed by atoms with van der Waals surface area (Å²) < 4.78 is 27.1. The van der Waals surface area contributed by atoms with Crippen LogP contribution in [0.5, 0.6) is 0 Å². The van der Waals surface area contributed by atoms with Gasteiger partial charge >= 0.3 is 0 Å². The molecule has 1 aliphatic heterocycles. The molecule has 0 bridgehead atoms. The van der Waals surface area contributed by atoms with Gasteiger partial charge in [-0.15, -0.1) is 0 Å². The second kappa shape index (κ2) is 6.70. The molecule has 1 aromatic carbocycles. The molecule has 2 rings (SSSR count). The lowest BCUT2D eigenvalue weighted by atomic mass is 10.1. The zero-order valence-electron chi connectivity index (χ0n) is 12.2. The maximum Gasteiger partial charge on any atom is 0.243 e. The summed E-state index contributed by atoms with van der Waals surface area (Å²) in [5, 5.41) is 3.42. The van der Waals surface area contributed by atoms with Gasteiger partial charge in [0.05, 0.1) is 4.90 Å². The first kappa shape index (κ1) is 15.5. The van der Waals surface area contributed by atoms with Gasteiger partial charge in [0.15, 0.2) is 0 Å². The van der Waals surface area contributed by atoms with Crippen LogP contribution in [0.15, 0.2) is 35.2 Å². The molecule has 0 aromatic heterocycles. The van der Waals surface area contributed by atoms with E-state index in [0.29, 0.717) is 11.4 Å². The maximum absolute atomic E-state index is 12.7. The first-order valence-corrected chi connectivity index (χ1v) is 8.76. The van der Waals surface area contributed by atoms with Crippen LogP contribution in [0.25, 0.3) is 0 Å². The summed E-state index contributed by atoms with van der Waals surface area (Å²) in [7, 11) is -3.41. The lowest BCUT2D eigenvalue weighted by Crippen LogP contribution is -2.48. The van der Waals surface area contributed by atoms with Gasteiger partial charge in [0.25, 0.3) is 0 Å². The molecule has 1 aliphatic rings. The van der Waals surface area contributed by atoms with E-state index in [0.717, 1.165) is 13.0 Å². The first-order valence-electron chi connectivity index (χ1n) is 7.32. The molecule has 4 nitrogen and oxygen atoms in total. The summed E-state index contributed by atoms with van der Waals surface area (Å²) in [6.07, 6.45) is 3.41. The van der Waals surface area contributed by atoms with E-state index in [9.17, 15) is 8.42 Å². The van der Waals surface area contributed by atoms with Crippen molar-refractivity contribution in [3.63, 3.8) is 0 Å². The summed E-state index contributed by atoms with van der Waals surface area (Å²) in [6.45, 7) is 5.41. The van der Waals surface area contributed by atoms with Crippen LogP contribution in [-0.4, -0.2) is 37.9 Å². The Morgan fingerprint density at radius 3 is 2.50 bits per heavy atom. The lowest BCUT2D eigenvalue weighted by Gasteiger charge is -2.32. The first-order chi connectivity index (χ1) is 9.51. The van der Waals surface area contributed by atoms with E-state index >= 15 is 0 Å². The Bertz CT molecular complexity index is 508. The fourth-order valence-electron chi connectivity index (χ4n) is 2.61. The standard InChI is InChI=1S/C15H24N2O2S/c1-13(2)17(12-14-8-6-7-11-16-14)20(18,19)15-9-4-3-5-10-15/h3-5,9-10,13-14,16H,6-8,11-12H2,1-2H3. The van der Waals surface area contributed by atoms with Crippen LogP contribution in [0.1, 0.15) is 33.1 Å². The van der Waals surface area contributed by atoms with Crippen molar-refractivity contribution in [2.24, 2.45) is 0 Å². The van der Waals surface area contributed by atoms with Gasteiger partial charge in [-0.25, -0.2) is 8.42 Å². The fourth-order valence-corrected chi connectivity index (χ4v) is 4.31. The molecular formula is C15H24N2O2S. The number of hydrogen-bond donors (Lipinski definition) is 1. The third-order valence-electron chi connectivity index (χ3n) is 3.74. The zero-order valence-corrected chi connectivity index (χ0v) is 13.1. The summed E-state index contributed by atoms with van der Waals surface area (Å²) >= 11 is 0. The van der Waals surface area contributed by atoms with Crippen LogP contribution in [-0.2, 0) is 10.0 Å². The van der Waals surface area contributed by atoms with E-state index in [1.807, 2.05) is 19.9 Å². The van der Waals surface area contributed by atoms with Crippen LogP contribution in [0.4, 0.5) is 0 Å². The molecule has 1 atom stereocenters. The lowest BCUT2D eigenvalue weighted by molar-refractivity contribution is 0.282. The maximum atomic E-state index is 12.7. The highest BCUT2D eigenvalue weighted by Gasteiger charge is 2.29. The molecule has 20 heavy (non-hydrogen) atoms. The van der Waals surface area contributed by atoms with Crippen molar-refractivity contribution in [2.45, 2.75) is 50.1 Å². The van der Waals surface area contributed by atoms with Crippen molar-refractivity contribution in [3.8, 4) is 0 Å². The fraction of sp³-hybridized carbons (Fsp3) is 0.600. The number of sulfonamides is 1.